The van der Waals surface area contributed by atoms with E-state index in [0.717, 1.165) is 17.2 Å². The molecular weight excluding hydrogens is 218 g/mol. The molecule has 2 unspecified atom stereocenters. The molecule has 1 fully saturated rings. The molecule has 1 aromatic rings. The molecule has 2 nitrogen and oxygen atoms in total. The van der Waals surface area contributed by atoms with Gasteiger partial charge in [0.15, 0.2) is 0 Å². The van der Waals surface area contributed by atoms with Crippen LogP contribution in [0, 0.1) is 0 Å². The molecule has 78 valence electrons. The average molecular weight is 232 g/mol. The first-order valence-electron chi connectivity index (χ1n) is 4.90. The zero-order chi connectivity index (χ0) is 9.97. The molecule has 0 aliphatic carbocycles. The minimum absolute atomic E-state index is 0.217. The largest absolute Gasteiger partial charge is 0.368 e. The van der Waals surface area contributed by atoms with Gasteiger partial charge in [-0.15, -0.1) is 11.3 Å². The van der Waals surface area contributed by atoms with E-state index in [1.165, 1.54) is 11.3 Å². The minimum atomic E-state index is 0.217. The Balaban J connectivity index is 2.04. The Bertz CT molecular complexity index is 302. The summed E-state index contributed by atoms with van der Waals surface area (Å²) in [5, 5.41) is 0. The summed E-state index contributed by atoms with van der Waals surface area (Å²) in [5.74, 6) is 0. The summed E-state index contributed by atoms with van der Waals surface area (Å²) < 4.78 is 6.69. The van der Waals surface area contributed by atoms with Crippen LogP contribution in [0.1, 0.15) is 30.2 Å². The van der Waals surface area contributed by atoms with Crippen molar-refractivity contribution >= 4 is 22.9 Å². The van der Waals surface area contributed by atoms with Crippen LogP contribution in [0.4, 0.5) is 0 Å². The van der Waals surface area contributed by atoms with Gasteiger partial charge in [0.1, 0.15) is 0 Å². The maximum atomic E-state index is 5.89. The third-order valence-electron chi connectivity index (χ3n) is 2.52. The monoisotopic (exact) mass is 231 g/mol. The standard InChI is InChI=1S/C10H14ClNOS/c11-10-5-4-9(14-10)8-3-1-2-7(6-12)13-8/h4-5,7-8H,1-3,6,12H2. The highest BCUT2D eigenvalue weighted by Crippen LogP contribution is 2.36. The van der Waals surface area contributed by atoms with E-state index in [0.29, 0.717) is 6.54 Å². The second-order valence-electron chi connectivity index (χ2n) is 3.56. The second kappa shape index (κ2) is 4.62. The van der Waals surface area contributed by atoms with Crippen molar-refractivity contribution in [2.45, 2.75) is 31.5 Å². The van der Waals surface area contributed by atoms with Gasteiger partial charge >= 0.3 is 0 Å². The van der Waals surface area contributed by atoms with Crippen LogP contribution in [-0.2, 0) is 4.74 Å². The molecule has 2 N–H and O–H groups in total. The predicted molar refractivity (Wildman–Crippen MR) is 59.8 cm³/mol. The highest BCUT2D eigenvalue weighted by Gasteiger charge is 2.23. The smallest absolute Gasteiger partial charge is 0.0932 e. The number of hydrogen-bond donors (Lipinski definition) is 1. The van der Waals surface area contributed by atoms with E-state index >= 15 is 0 Å². The lowest BCUT2D eigenvalue weighted by Gasteiger charge is -2.28. The topological polar surface area (TPSA) is 35.2 Å². The number of thiophene rings is 1. The van der Waals surface area contributed by atoms with E-state index in [9.17, 15) is 0 Å². The third-order valence-corrected chi connectivity index (χ3v) is 3.85. The third kappa shape index (κ3) is 2.28. The van der Waals surface area contributed by atoms with Gasteiger partial charge in [-0.2, -0.15) is 0 Å². The molecular formula is C10H14ClNOS. The van der Waals surface area contributed by atoms with E-state index in [4.69, 9.17) is 22.1 Å². The lowest BCUT2D eigenvalue weighted by Crippen LogP contribution is -2.29. The van der Waals surface area contributed by atoms with Gasteiger partial charge in [0.2, 0.25) is 0 Å². The fraction of sp³-hybridized carbons (Fsp3) is 0.600. The molecule has 1 aliphatic rings. The Hall–Kier alpha value is -0.0900. The van der Waals surface area contributed by atoms with Gasteiger partial charge in [-0.25, -0.2) is 0 Å². The van der Waals surface area contributed by atoms with Crippen LogP contribution in [-0.4, -0.2) is 12.6 Å². The molecule has 4 heteroatoms. The average Bonchev–Trinajstić information content (AvgIpc) is 2.65. The predicted octanol–water partition coefficient (Wildman–Crippen LogP) is 2.97. The molecule has 0 saturated carbocycles. The second-order valence-corrected chi connectivity index (χ2v) is 5.30. The van der Waals surface area contributed by atoms with Crippen molar-refractivity contribution in [2.75, 3.05) is 6.54 Å². The van der Waals surface area contributed by atoms with Gasteiger partial charge in [-0.1, -0.05) is 11.6 Å². The molecule has 1 saturated heterocycles. The summed E-state index contributed by atoms with van der Waals surface area (Å²) in [5.41, 5.74) is 5.60. The molecule has 1 aromatic heterocycles. The fourth-order valence-corrected chi connectivity index (χ4v) is 2.92. The fourth-order valence-electron chi connectivity index (χ4n) is 1.78. The number of nitrogens with two attached hydrogens (primary N) is 1. The van der Waals surface area contributed by atoms with Crippen LogP contribution < -0.4 is 5.73 Å². The van der Waals surface area contributed by atoms with E-state index in [1.807, 2.05) is 6.07 Å². The van der Waals surface area contributed by atoms with E-state index < -0.39 is 0 Å². The zero-order valence-electron chi connectivity index (χ0n) is 7.91. The highest BCUT2D eigenvalue weighted by atomic mass is 35.5. The summed E-state index contributed by atoms with van der Waals surface area (Å²) in [7, 11) is 0. The lowest BCUT2D eigenvalue weighted by molar-refractivity contribution is -0.0444. The van der Waals surface area contributed by atoms with Gasteiger partial charge in [0.25, 0.3) is 0 Å². The molecule has 0 aromatic carbocycles. The molecule has 0 spiro atoms. The quantitative estimate of drug-likeness (QED) is 0.850. The van der Waals surface area contributed by atoms with Crippen molar-refractivity contribution < 1.29 is 4.74 Å². The Labute approximate surface area is 93.0 Å². The van der Waals surface area contributed by atoms with Gasteiger partial charge in [0, 0.05) is 11.4 Å². The molecule has 14 heavy (non-hydrogen) atoms. The zero-order valence-corrected chi connectivity index (χ0v) is 9.48. The first-order chi connectivity index (χ1) is 6.79. The Morgan fingerprint density at radius 2 is 2.36 bits per heavy atom. The van der Waals surface area contributed by atoms with Crippen LogP contribution in [0.25, 0.3) is 0 Å². The molecule has 0 bridgehead atoms. The van der Waals surface area contributed by atoms with Crippen molar-refractivity contribution in [3.8, 4) is 0 Å². The molecule has 2 rings (SSSR count). The van der Waals surface area contributed by atoms with Crippen molar-refractivity contribution in [1.29, 1.82) is 0 Å². The maximum absolute atomic E-state index is 5.89. The first kappa shape index (κ1) is 10.4. The number of halogens is 1. The Morgan fingerprint density at radius 1 is 1.50 bits per heavy atom. The van der Waals surface area contributed by atoms with Crippen molar-refractivity contribution in [3.05, 3.63) is 21.3 Å². The number of rotatable bonds is 2. The van der Waals surface area contributed by atoms with E-state index in [1.54, 1.807) is 11.3 Å². The molecule has 2 atom stereocenters. The summed E-state index contributed by atoms with van der Waals surface area (Å²) in [6.45, 7) is 0.621. The van der Waals surface area contributed by atoms with Gasteiger partial charge < -0.3 is 10.5 Å². The van der Waals surface area contributed by atoms with E-state index in [-0.39, 0.29) is 12.2 Å². The molecule has 0 amide bonds. The number of ether oxygens (including phenoxy) is 1. The van der Waals surface area contributed by atoms with Gasteiger partial charge in [-0.05, 0) is 31.4 Å². The summed E-state index contributed by atoms with van der Waals surface area (Å²) in [6.07, 6.45) is 3.83. The normalized spacial score (nSPS) is 27.9. The van der Waals surface area contributed by atoms with Crippen molar-refractivity contribution in [2.24, 2.45) is 5.73 Å². The summed E-state index contributed by atoms with van der Waals surface area (Å²) >= 11 is 7.49. The van der Waals surface area contributed by atoms with Crippen LogP contribution in [0.5, 0.6) is 0 Å². The Morgan fingerprint density at radius 3 is 3.00 bits per heavy atom. The molecule has 0 radical (unpaired) electrons. The lowest BCUT2D eigenvalue weighted by atomic mass is 10.0. The van der Waals surface area contributed by atoms with Crippen molar-refractivity contribution in [3.63, 3.8) is 0 Å². The maximum Gasteiger partial charge on any atom is 0.0932 e. The minimum Gasteiger partial charge on any atom is -0.368 e. The van der Waals surface area contributed by atoms with Crippen LogP contribution in [0.3, 0.4) is 0 Å². The summed E-state index contributed by atoms with van der Waals surface area (Å²) in [6, 6.07) is 3.98. The Kier molecular flexibility index (Phi) is 3.44. The SMILES string of the molecule is NCC1CCCC(c2ccc(Cl)s2)O1. The molecule has 1 aliphatic heterocycles. The van der Waals surface area contributed by atoms with Gasteiger partial charge in [-0.3, -0.25) is 0 Å². The summed E-state index contributed by atoms with van der Waals surface area (Å²) in [4.78, 5) is 1.23. The highest BCUT2D eigenvalue weighted by molar-refractivity contribution is 7.16. The van der Waals surface area contributed by atoms with Crippen molar-refractivity contribution in [1.82, 2.24) is 0 Å². The van der Waals surface area contributed by atoms with Crippen LogP contribution in [0.2, 0.25) is 4.34 Å². The van der Waals surface area contributed by atoms with Crippen LogP contribution >= 0.6 is 22.9 Å². The first-order valence-corrected chi connectivity index (χ1v) is 6.10. The number of hydrogen-bond acceptors (Lipinski definition) is 3. The van der Waals surface area contributed by atoms with Crippen LogP contribution in [0.15, 0.2) is 12.1 Å². The molecule has 2 heterocycles. The van der Waals surface area contributed by atoms with Gasteiger partial charge in [0.05, 0.1) is 16.5 Å². The van der Waals surface area contributed by atoms with E-state index in [2.05, 4.69) is 6.07 Å².